The molecule has 0 heteroatoms. The van der Waals surface area contributed by atoms with E-state index in [0.717, 1.165) is 0 Å². The molecular weight excluding hydrogens is 228 g/mol. The van der Waals surface area contributed by atoms with Crippen molar-refractivity contribution in [2.24, 2.45) is 17.8 Å². The van der Waals surface area contributed by atoms with Crippen LogP contribution >= 0.6 is 0 Å². The summed E-state index contributed by atoms with van der Waals surface area (Å²) in [6.45, 7) is 4.59. The summed E-state index contributed by atoms with van der Waals surface area (Å²) in [6.07, 6.45) is 20.6. The standard InChI is InChI=1S/C19H18/c1-12(2)16-10-8-15-7-6-13-4-3-5-14-9-11-17(16)19(15)18(13)14/h3-12,18-19H,1-2H3. The van der Waals surface area contributed by atoms with Gasteiger partial charge in [-0.2, -0.15) is 0 Å². The summed E-state index contributed by atoms with van der Waals surface area (Å²) in [5, 5.41) is 0. The summed E-state index contributed by atoms with van der Waals surface area (Å²) in [7, 11) is 0. The molecule has 0 saturated carbocycles. The van der Waals surface area contributed by atoms with Crippen LogP contribution in [0.25, 0.3) is 0 Å². The van der Waals surface area contributed by atoms with Gasteiger partial charge < -0.3 is 0 Å². The topological polar surface area (TPSA) is 0 Å². The lowest BCUT2D eigenvalue weighted by molar-refractivity contribution is 0.551. The van der Waals surface area contributed by atoms with E-state index in [9.17, 15) is 0 Å². The van der Waals surface area contributed by atoms with Gasteiger partial charge in [0.25, 0.3) is 0 Å². The molecule has 0 aromatic carbocycles. The lowest BCUT2D eigenvalue weighted by Gasteiger charge is -2.41. The summed E-state index contributed by atoms with van der Waals surface area (Å²) in [5.41, 5.74) is 7.44. The molecule has 4 aliphatic rings. The Morgan fingerprint density at radius 1 is 0.737 bits per heavy atom. The lowest BCUT2D eigenvalue weighted by atomic mass is 9.63. The lowest BCUT2D eigenvalue weighted by Crippen LogP contribution is -2.29. The highest BCUT2D eigenvalue weighted by Crippen LogP contribution is 2.50. The van der Waals surface area contributed by atoms with E-state index < -0.39 is 0 Å². The van der Waals surface area contributed by atoms with Crippen LogP contribution in [0.4, 0.5) is 0 Å². The van der Waals surface area contributed by atoms with Crippen molar-refractivity contribution in [3.63, 3.8) is 0 Å². The summed E-state index contributed by atoms with van der Waals surface area (Å²) in [4.78, 5) is 0. The van der Waals surface area contributed by atoms with Crippen molar-refractivity contribution in [2.45, 2.75) is 13.8 Å². The monoisotopic (exact) mass is 246 g/mol. The van der Waals surface area contributed by atoms with Gasteiger partial charge >= 0.3 is 0 Å². The summed E-state index contributed by atoms with van der Waals surface area (Å²) in [6, 6.07) is 0. The molecular formula is C19H18. The zero-order valence-corrected chi connectivity index (χ0v) is 11.4. The maximum atomic E-state index is 2.35. The van der Waals surface area contributed by atoms with Gasteiger partial charge in [0.2, 0.25) is 0 Å². The minimum Gasteiger partial charge on any atom is -0.0617 e. The highest BCUT2D eigenvalue weighted by Gasteiger charge is 2.38. The number of rotatable bonds is 1. The largest absolute Gasteiger partial charge is 0.0617 e. The molecule has 4 aliphatic carbocycles. The molecule has 0 spiro atoms. The van der Waals surface area contributed by atoms with Crippen molar-refractivity contribution in [3.8, 4) is 0 Å². The van der Waals surface area contributed by atoms with Crippen LogP contribution in [0.5, 0.6) is 0 Å². The molecule has 0 bridgehead atoms. The third-order valence-electron chi connectivity index (χ3n) is 4.66. The highest BCUT2D eigenvalue weighted by molar-refractivity contribution is 5.61. The first-order valence-corrected chi connectivity index (χ1v) is 7.16. The summed E-state index contributed by atoms with van der Waals surface area (Å²) < 4.78 is 0. The quantitative estimate of drug-likeness (QED) is 0.630. The van der Waals surface area contributed by atoms with E-state index in [1.165, 1.54) is 27.9 Å². The van der Waals surface area contributed by atoms with Crippen molar-refractivity contribution in [3.05, 3.63) is 82.5 Å². The molecule has 0 N–H and O–H groups in total. The number of allylic oxidation sites excluding steroid dienone is 14. The van der Waals surface area contributed by atoms with E-state index in [4.69, 9.17) is 0 Å². The van der Waals surface area contributed by atoms with Gasteiger partial charge in [0.05, 0.1) is 0 Å². The Kier molecular flexibility index (Phi) is 2.23. The van der Waals surface area contributed by atoms with Crippen molar-refractivity contribution in [1.29, 1.82) is 0 Å². The molecule has 94 valence electrons. The summed E-state index contributed by atoms with van der Waals surface area (Å²) in [5.74, 6) is 1.68. The van der Waals surface area contributed by atoms with E-state index in [1.54, 1.807) is 0 Å². The molecule has 0 nitrogen and oxygen atoms in total. The van der Waals surface area contributed by atoms with Crippen LogP contribution in [-0.4, -0.2) is 0 Å². The minimum atomic E-state index is 0.545. The normalized spacial score (nSPS) is 30.2. The van der Waals surface area contributed by atoms with Gasteiger partial charge in [-0.3, -0.25) is 0 Å². The first-order chi connectivity index (χ1) is 9.25. The molecule has 0 aliphatic heterocycles. The van der Waals surface area contributed by atoms with Gasteiger partial charge in [-0.05, 0) is 33.8 Å². The minimum absolute atomic E-state index is 0.545. The van der Waals surface area contributed by atoms with E-state index in [0.29, 0.717) is 17.8 Å². The average Bonchev–Trinajstić information content (AvgIpc) is 2.44. The van der Waals surface area contributed by atoms with Crippen LogP contribution in [0.2, 0.25) is 0 Å². The van der Waals surface area contributed by atoms with Gasteiger partial charge in [-0.1, -0.05) is 68.5 Å². The second-order valence-electron chi connectivity index (χ2n) is 6.05. The Morgan fingerprint density at radius 2 is 1.42 bits per heavy atom. The molecule has 0 heterocycles. The van der Waals surface area contributed by atoms with E-state index in [2.05, 4.69) is 68.5 Å². The third-order valence-corrected chi connectivity index (χ3v) is 4.66. The predicted octanol–water partition coefficient (Wildman–Crippen LogP) is 4.67. The SMILES string of the molecule is CC(C)C1=C2C=CC3=CC=CC4=CC=C(C=C1)C2C34. The number of hydrogen-bond donors (Lipinski definition) is 0. The van der Waals surface area contributed by atoms with Crippen molar-refractivity contribution >= 4 is 0 Å². The van der Waals surface area contributed by atoms with Crippen LogP contribution in [0.3, 0.4) is 0 Å². The molecule has 2 unspecified atom stereocenters. The molecule has 4 rings (SSSR count). The van der Waals surface area contributed by atoms with Gasteiger partial charge in [-0.15, -0.1) is 0 Å². The van der Waals surface area contributed by atoms with Crippen molar-refractivity contribution < 1.29 is 0 Å². The molecule has 19 heavy (non-hydrogen) atoms. The number of hydrogen-bond acceptors (Lipinski definition) is 0. The first-order valence-electron chi connectivity index (χ1n) is 7.16. The highest BCUT2D eigenvalue weighted by atomic mass is 14.4. The van der Waals surface area contributed by atoms with E-state index in [-0.39, 0.29) is 0 Å². The maximum absolute atomic E-state index is 2.35. The van der Waals surface area contributed by atoms with Crippen LogP contribution in [0, 0.1) is 17.8 Å². The van der Waals surface area contributed by atoms with Gasteiger partial charge in [0.1, 0.15) is 0 Å². The van der Waals surface area contributed by atoms with Crippen molar-refractivity contribution in [2.75, 3.05) is 0 Å². The van der Waals surface area contributed by atoms with Crippen LogP contribution in [0.15, 0.2) is 82.5 Å². The van der Waals surface area contributed by atoms with E-state index in [1.807, 2.05) is 0 Å². The third kappa shape index (κ3) is 1.46. The van der Waals surface area contributed by atoms with Gasteiger partial charge in [0, 0.05) is 11.8 Å². The average molecular weight is 246 g/mol. The zero-order valence-electron chi connectivity index (χ0n) is 11.4. The molecule has 2 atom stereocenters. The van der Waals surface area contributed by atoms with Crippen LogP contribution in [0.1, 0.15) is 13.8 Å². The Labute approximate surface area is 114 Å². The summed E-state index contributed by atoms with van der Waals surface area (Å²) >= 11 is 0. The maximum Gasteiger partial charge on any atom is 0.0202 e. The molecule has 0 saturated heterocycles. The fourth-order valence-electron chi connectivity index (χ4n) is 3.75. The molecule has 0 fully saturated rings. The Hall–Kier alpha value is -1.82. The Bertz CT molecular complexity index is 654. The van der Waals surface area contributed by atoms with Crippen LogP contribution < -0.4 is 0 Å². The predicted molar refractivity (Wildman–Crippen MR) is 80.5 cm³/mol. The Balaban J connectivity index is 1.98. The van der Waals surface area contributed by atoms with Gasteiger partial charge in [-0.25, -0.2) is 0 Å². The molecule has 0 aromatic rings. The second kappa shape index (κ2) is 3.84. The smallest absolute Gasteiger partial charge is 0.0202 e. The second-order valence-corrected chi connectivity index (χ2v) is 6.05. The fraction of sp³-hybridized carbons (Fsp3) is 0.263. The van der Waals surface area contributed by atoms with Crippen LogP contribution in [-0.2, 0) is 0 Å². The molecule has 0 aromatic heterocycles. The zero-order chi connectivity index (χ0) is 13.0. The Morgan fingerprint density at radius 3 is 2.21 bits per heavy atom. The van der Waals surface area contributed by atoms with E-state index >= 15 is 0 Å². The van der Waals surface area contributed by atoms with Crippen molar-refractivity contribution in [1.82, 2.24) is 0 Å². The molecule has 0 amide bonds. The molecule has 0 radical (unpaired) electrons. The fourth-order valence-corrected chi connectivity index (χ4v) is 3.75. The van der Waals surface area contributed by atoms with Gasteiger partial charge in [0.15, 0.2) is 0 Å². The first kappa shape index (κ1) is 11.0.